The number of carbonyl (C=O) groups is 1. The average molecular weight is 240 g/mol. The van der Waals surface area contributed by atoms with E-state index in [0.717, 1.165) is 25.9 Å². The largest absolute Gasteiger partial charge is 0.386 e. The molecule has 0 saturated carbocycles. The summed E-state index contributed by atoms with van der Waals surface area (Å²) in [7, 11) is 0. The number of nitrogens with zero attached hydrogens (tertiary/aromatic N) is 2. The zero-order valence-electron chi connectivity index (χ0n) is 11.0. The Morgan fingerprint density at radius 1 is 1.06 bits per heavy atom. The van der Waals surface area contributed by atoms with Crippen molar-refractivity contribution in [3.05, 3.63) is 0 Å². The van der Waals surface area contributed by atoms with Crippen LogP contribution in [0.2, 0.25) is 0 Å². The van der Waals surface area contributed by atoms with E-state index in [2.05, 4.69) is 0 Å². The summed E-state index contributed by atoms with van der Waals surface area (Å²) in [5.74, 6) is 0.218. The molecule has 2 aliphatic heterocycles. The summed E-state index contributed by atoms with van der Waals surface area (Å²) in [5.41, 5.74) is -0.651. The number of β-amino-alcohol motifs (C(OH)–C–C–N with tert-alkyl or cyclic N) is 1. The topological polar surface area (TPSA) is 43.8 Å². The fourth-order valence-corrected chi connectivity index (χ4v) is 2.58. The van der Waals surface area contributed by atoms with Gasteiger partial charge in [0.1, 0.15) is 5.60 Å². The molecular formula is C13H24N2O2. The van der Waals surface area contributed by atoms with E-state index >= 15 is 0 Å². The Bertz CT molecular complexity index is 277. The molecule has 2 fully saturated rings. The van der Waals surface area contributed by atoms with Crippen LogP contribution in [0.25, 0.3) is 0 Å². The van der Waals surface area contributed by atoms with Crippen molar-refractivity contribution in [3.63, 3.8) is 0 Å². The smallest absolute Gasteiger partial charge is 0.320 e. The summed E-state index contributed by atoms with van der Waals surface area (Å²) < 4.78 is 0. The fourth-order valence-electron chi connectivity index (χ4n) is 2.58. The molecule has 17 heavy (non-hydrogen) atoms. The predicted octanol–water partition coefficient (Wildman–Crippen LogP) is 1.69. The summed E-state index contributed by atoms with van der Waals surface area (Å²) in [6, 6.07) is 0.122. The van der Waals surface area contributed by atoms with Crippen LogP contribution in [0.4, 0.5) is 4.79 Å². The molecule has 0 aromatic carbocycles. The fraction of sp³-hybridized carbons (Fsp3) is 0.923. The van der Waals surface area contributed by atoms with Crippen molar-refractivity contribution in [1.29, 1.82) is 0 Å². The van der Waals surface area contributed by atoms with Crippen molar-refractivity contribution in [3.8, 4) is 0 Å². The summed E-state index contributed by atoms with van der Waals surface area (Å²) >= 11 is 0. The first-order valence-corrected chi connectivity index (χ1v) is 6.79. The molecule has 98 valence electrons. The van der Waals surface area contributed by atoms with Crippen molar-refractivity contribution >= 4 is 6.03 Å². The van der Waals surface area contributed by atoms with Crippen molar-refractivity contribution in [2.24, 2.45) is 5.92 Å². The predicted molar refractivity (Wildman–Crippen MR) is 66.8 cm³/mol. The van der Waals surface area contributed by atoms with Gasteiger partial charge in [0.2, 0.25) is 0 Å². The first kappa shape index (κ1) is 12.7. The van der Waals surface area contributed by atoms with Gasteiger partial charge in [-0.1, -0.05) is 26.7 Å². The molecule has 0 unspecified atom stereocenters. The SMILES string of the molecule is CC(C)C1(O)CN(C(=O)N2CCCCCC2)C1. The van der Waals surface area contributed by atoms with E-state index in [1.54, 1.807) is 4.90 Å². The monoisotopic (exact) mass is 240 g/mol. The zero-order chi connectivity index (χ0) is 12.5. The molecule has 2 aliphatic rings. The molecule has 0 radical (unpaired) electrons. The van der Waals surface area contributed by atoms with Crippen LogP contribution in [0.1, 0.15) is 39.5 Å². The zero-order valence-corrected chi connectivity index (χ0v) is 11.0. The molecule has 2 heterocycles. The third-order valence-electron chi connectivity index (χ3n) is 4.15. The van der Waals surface area contributed by atoms with Crippen LogP contribution in [0, 0.1) is 5.92 Å². The minimum absolute atomic E-state index is 0.122. The number of likely N-dealkylation sites (tertiary alicyclic amines) is 2. The van der Waals surface area contributed by atoms with Gasteiger partial charge in [-0.3, -0.25) is 0 Å². The highest BCUT2D eigenvalue weighted by Crippen LogP contribution is 2.29. The molecule has 0 atom stereocenters. The molecule has 2 amide bonds. The molecule has 0 aliphatic carbocycles. The molecule has 1 N–H and O–H groups in total. The average Bonchev–Trinajstić information content (AvgIpc) is 2.51. The van der Waals surface area contributed by atoms with E-state index in [0.29, 0.717) is 13.1 Å². The molecule has 0 bridgehead atoms. The maximum atomic E-state index is 12.2. The Balaban J connectivity index is 1.86. The van der Waals surface area contributed by atoms with E-state index in [1.165, 1.54) is 12.8 Å². The second-order valence-corrected chi connectivity index (χ2v) is 5.80. The Kier molecular flexibility index (Phi) is 3.61. The van der Waals surface area contributed by atoms with Crippen LogP contribution < -0.4 is 0 Å². The molecule has 4 heteroatoms. The second kappa shape index (κ2) is 4.84. The van der Waals surface area contributed by atoms with Gasteiger partial charge < -0.3 is 14.9 Å². The summed E-state index contributed by atoms with van der Waals surface area (Å²) in [4.78, 5) is 15.9. The van der Waals surface area contributed by atoms with Crippen LogP contribution in [0.5, 0.6) is 0 Å². The van der Waals surface area contributed by atoms with Crippen LogP contribution in [-0.2, 0) is 0 Å². The second-order valence-electron chi connectivity index (χ2n) is 5.80. The highest BCUT2D eigenvalue weighted by atomic mass is 16.3. The van der Waals surface area contributed by atoms with Gasteiger partial charge in [0.05, 0.1) is 13.1 Å². The first-order valence-electron chi connectivity index (χ1n) is 6.79. The van der Waals surface area contributed by atoms with Crippen LogP contribution in [0.3, 0.4) is 0 Å². The maximum absolute atomic E-state index is 12.2. The number of hydrogen-bond donors (Lipinski definition) is 1. The number of urea groups is 1. The van der Waals surface area contributed by atoms with Gasteiger partial charge >= 0.3 is 6.03 Å². The molecule has 0 spiro atoms. The van der Waals surface area contributed by atoms with Gasteiger partial charge in [-0.05, 0) is 18.8 Å². The van der Waals surface area contributed by atoms with Crippen LogP contribution in [-0.4, -0.2) is 52.7 Å². The number of hydrogen-bond acceptors (Lipinski definition) is 2. The van der Waals surface area contributed by atoms with Gasteiger partial charge in [-0.15, -0.1) is 0 Å². The van der Waals surface area contributed by atoms with E-state index in [4.69, 9.17) is 0 Å². The number of carbonyl (C=O) groups excluding carboxylic acids is 1. The Morgan fingerprint density at radius 3 is 2.06 bits per heavy atom. The van der Waals surface area contributed by atoms with Crippen molar-refractivity contribution in [2.45, 2.75) is 45.1 Å². The Labute approximate surface area is 104 Å². The standard InChI is InChI=1S/C13H24N2O2/c1-11(2)13(17)9-15(10-13)12(16)14-7-5-3-4-6-8-14/h11,17H,3-10H2,1-2H3. The van der Waals surface area contributed by atoms with Gasteiger partial charge in [-0.2, -0.15) is 0 Å². The molecular weight excluding hydrogens is 216 g/mol. The van der Waals surface area contributed by atoms with E-state index in [-0.39, 0.29) is 11.9 Å². The highest BCUT2D eigenvalue weighted by molar-refractivity contribution is 5.75. The summed E-state index contributed by atoms with van der Waals surface area (Å²) in [6.45, 7) is 6.78. The third-order valence-corrected chi connectivity index (χ3v) is 4.15. The Hall–Kier alpha value is -0.770. The quantitative estimate of drug-likeness (QED) is 0.758. The number of rotatable bonds is 1. The molecule has 4 nitrogen and oxygen atoms in total. The lowest BCUT2D eigenvalue weighted by Crippen LogP contribution is -2.67. The minimum Gasteiger partial charge on any atom is -0.386 e. The van der Waals surface area contributed by atoms with Gasteiger partial charge in [0.15, 0.2) is 0 Å². The molecule has 2 saturated heterocycles. The highest BCUT2D eigenvalue weighted by Gasteiger charge is 2.46. The van der Waals surface area contributed by atoms with Crippen molar-refractivity contribution in [1.82, 2.24) is 9.80 Å². The lowest BCUT2D eigenvalue weighted by molar-refractivity contribution is -0.111. The first-order chi connectivity index (χ1) is 8.03. The number of amides is 2. The van der Waals surface area contributed by atoms with Crippen LogP contribution in [0.15, 0.2) is 0 Å². The molecule has 0 aromatic rings. The van der Waals surface area contributed by atoms with Gasteiger partial charge in [0.25, 0.3) is 0 Å². The Morgan fingerprint density at radius 2 is 1.59 bits per heavy atom. The van der Waals surface area contributed by atoms with Gasteiger partial charge in [0, 0.05) is 13.1 Å². The molecule has 2 rings (SSSR count). The van der Waals surface area contributed by atoms with Crippen molar-refractivity contribution < 1.29 is 9.90 Å². The normalized spacial score (nSPS) is 24.5. The van der Waals surface area contributed by atoms with E-state index < -0.39 is 5.60 Å². The lowest BCUT2D eigenvalue weighted by Gasteiger charge is -2.50. The van der Waals surface area contributed by atoms with Crippen LogP contribution >= 0.6 is 0 Å². The molecule has 0 aromatic heterocycles. The lowest BCUT2D eigenvalue weighted by atomic mass is 9.83. The maximum Gasteiger partial charge on any atom is 0.320 e. The van der Waals surface area contributed by atoms with E-state index in [1.807, 2.05) is 18.7 Å². The summed E-state index contributed by atoms with van der Waals surface area (Å²) in [6.07, 6.45) is 4.71. The van der Waals surface area contributed by atoms with Gasteiger partial charge in [-0.25, -0.2) is 4.79 Å². The van der Waals surface area contributed by atoms with Crippen molar-refractivity contribution in [2.75, 3.05) is 26.2 Å². The summed E-state index contributed by atoms with van der Waals surface area (Å²) in [5, 5.41) is 10.1. The minimum atomic E-state index is -0.651. The third kappa shape index (κ3) is 2.57. The van der Waals surface area contributed by atoms with E-state index in [9.17, 15) is 9.90 Å². The number of aliphatic hydroxyl groups is 1.